The van der Waals surface area contributed by atoms with Crippen molar-refractivity contribution in [2.45, 2.75) is 39.0 Å². The first-order chi connectivity index (χ1) is 7.59. The summed E-state index contributed by atoms with van der Waals surface area (Å²) in [4.78, 5) is 25.3. The topological polar surface area (TPSA) is 61.2 Å². The van der Waals surface area contributed by atoms with E-state index in [1.165, 1.54) is 4.90 Å². The van der Waals surface area contributed by atoms with Gasteiger partial charge in [-0.1, -0.05) is 12.8 Å². The molecule has 2 aliphatic rings. The molecule has 16 heavy (non-hydrogen) atoms. The Morgan fingerprint density at radius 2 is 2.06 bits per heavy atom. The van der Waals surface area contributed by atoms with Gasteiger partial charge in [0.15, 0.2) is 0 Å². The molecule has 0 aromatic rings. The van der Waals surface area contributed by atoms with Crippen LogP contribution in [0.2, 0.25) is 0 Å². The molecule has 86 valence electrons. The summed E-state index contributed by atoms with van der Waals surface area (Å²) in [5.74, 6) is -0.393. The zero-order valence-corrected chi connectivity index (χ0v) is 9.53. The highest BCUT2D eigenvalue weighted by atomic mass is 16.2. The standard InChI is InChI=1S/C12H16N2O2/c1-9(7-13)8-14-10(15)6-12(11(14)16)4-2-3-5-12/h9H,2-6,8H2,1H3. The van der Waals surface area contributed by atoms with E-state index in [1.807, 2.05) is 0 Å². The van der Waals surface area contributed by atoms with Crippen molar-refractivity contribution in [2.24, 2.45) is 11.3 Å². The van der Waals surface area contributed by atoms with Crippen LogP contribution in [0.4, 0.5) is 0 Å². The lowest BCUT2D eigenvalue weighted by Crippen LogP contribution is -2.37. The molecule has 0 aromatic heterocycles. The predicted molar refractivity (Wildman–Crippen MR) is 57.0 cm³/mol. The molecule has 1 spiro atoms. The third kappa shape index (κ3) is 1.60. The molecule has 1 saturated carbocycles. The number of carbonyl (C=O) groups is 2. The van der Waals surface area contributed by atoms with E-state index in [0.29, 0.717) is 6.42 Å². The molecule has 2 amide bonds. The molecule has 0 radical (unpaired) electrons. The van der Waals surface area contributed by atoms with Crippen LogP contribution in [0.25, 0.3) is 0 Å². The maximum Gasteiger partial charge on any atom is 0.235 e. The lowest BCUT2D eigenvalue weighted by molar-refractivity contribution is -0.141. The summed E-state index contributed by atoms with van der Waals surface area (Å²) in [5.41, 5.74) is -0.397. The maximum atomic E-state index is 12.2. The molecular weight excluding hydrogens is 204 g/mol. The molecule has 1 saturated heterocycles. The number of rotatable bonds is 2. The van der Waals surface area contributed by atoms with Gasteiger partial charge in [-0.2, -0.15) is 5.26 Å². The van der Waals surface area contributed by atoms with Crippen LogP contribution in [0.1, 0.15) is 39.0 Å². The molecule has 1 heterocycles. The fraction of sp³-hybridized carbons (Fsp3) is 0.750. The first kappa shape index (κ1) is 11.1. The summed E-state index contributed by atoms with van der Waals surface area (Å²) in [6, 6.07) is 2.07. The van der Waals surface area contributed by atoms with E-state index in [2.05, 4.69) is 6.07 Å². The highest BCUT2D eigenvalue weighted by Crippen LogP contribution is 2.46. The molecule has 1 atom stereocenters. The SMILES string of the molecule is CC(C#N)CN1C(=O)CC2(CCCC2)C1=O. The van der Waals surface area contributed by atoms with Gasteiger partial charge < -0.3 is 0 Å². The van der Waals surface area contributed by atoms with Gasteiger partial charge in [0.1, 0.15) is 0 Å². The van der Waals surface area contributed by atoms with Crippen LogP contribution in [0.15, 0.2) is 0 Å². The van der Waals surface area contributed by atoms with Crippen molar-refractivity contribution in [3.8, 4) is 6.07 Å². The van der Waals surface area contributed by atoms with Gasteiger partial charge in [-0.15, -0.1) is 0 Å². The van der Waals surface area contributed by atoms with Crippen LogP contribution < -0.4 is 0 Å². The van der Waals surface area contributed by atoms with Crippen LogP contribution in [0.5, 0.6) is 0 Å². The summed E-state index contributed by atoms with van der Waals surface area (Å²) in [6.45, 7) is 2.00. The summed E-state index contributed by atoms with van der Waals surface area (Å²) >= 11 is 0. The number of likely N-dealkylation sites (tertiary alicyclic amines) is 1. The van der Waals surface area contributed by atoms with Crippen molar-refractivity contribution in [2.75, 3.05) is 6.54 Å². The smallest absolute Gasteiger partial charge is 0.235 e. The van der Waals surface area contributed by atoms with Crippen LogP contribution in [0.3, 0.4) is 0 Å². The largest absolute Gasteiger partial charge is 0.281 e. The number of amides is 2. The lowest BCUT2D eigenvalue weighted by Gasteiger charge is -2.21. The molecule has 4 nitrogen and oxygen atoms in total. The van der Waals surface area contributed by atoms with E-state index in [4.69, 9.17) is 5.26 Å². The minimum absolute atomic E-state index is 0.0305. The second kappa shape index (κ2) is 3.89. The summed E-state index contributed by atoms with van der Waals surface area (Å²) in [5, 5.41) is 8.73. The van der Waals surface area contributed by atoms with Gasteiger partial charge in [0.2, 0.25) is 11.8 Å². The normalized spacial score (nSPS) is 25.1. The first-order valence-corrected chi connectivity index (χ1v) is 5.83. The summed E-state index contributed by atoms with van der Waals surface area (Å²) in [7, 11) is 0. The van der Waals surface area contributed by atoms with Crippen molar-refractivity contribution < 1.29 is 9.59 Å². The molecule has 2 rings (SSSR count). The minimum Gasteiger partial charge on any atom is -0.281 e. The number of hydrogen-bond donors (Lipinski definition) is 0. The highest BCUT2D eigenvalue weighted by Gasteiger charge is 2.52. The predicted octanol–water partition coefficient (Wildman–Crippen LogP) is 1.47. The van der Waals surface area contributed by atoms with Crippen molar-refractivity contribution in [1.82, 2.24) is 4.90 Å². The Bertz CT molecular complexity index is 364. The van der Waals surface area contributed by atoms with Crippen molar-refractivity contribution >= 4 is 11.8 Å². The molecule has 2 fully saturated rings. The molecular formula is C12H16N2O2. The molecule has 0 aromatic carbocycles. The van der Waals surface area contributed by atoms with Gasteiger partial charge in [-0.3, -0.25) is 14.5 Å². The Morgan fingerprint density at radius 3 is 2.62 bits per heavy atom. The molecule has 4 heteroatoms. The summed E-state index contributed by atoms with van der Waals surface area (Å²) in [6.07, 6.45) is 4.13. The molecule has 0 bridgehead atoms. The Kier molecular flexibility index (Phi) is 2.71. The fourth-order valence-corrected chi connectivity index (χ4v) is 2.80. The van der Waals surface area contributed by atoms with Crippen molar-refractivity contribution in [3.05, 3.63) is 0 Å². The third-order valence-electron chi connectivity index (χ3n) is 3.73. The van der Waals surface area contributed by atoms with E-state index < -0.39 is 5.41 Å². The number of carbonyl (C=O) groups excluding carboxylic acids is 2. The van der Waals surface area contributed by atoms with E-state index in [0.717, 1.165) is 25.7 Å². The maximum absolute atomic E-state index is 12.2. The average molecular weight is 220 g/mol. The zero-order chi connectivity index (χ0) is 11.8. The minimum atomic E-state index is -0.397. The number of nitriles is 1. The fourth-order valence-electron chi connectivity index (χ4n) is 2.80. The molecule has 1 aliphatic carbocycles. The number of imide groups is 1. The number of nitrogens with zero attached hydrogens (tertiary/aromatic N) is 2. The Morgan fingerprint density at radius 1 is 1.44 bits per heavy atom. The Balaban J connectivity index is 2.14. The van der Waals surface area contributed by atoms with E-state index in [-0.39, 0.29) is 24.3 Å². The number of hydrogen-bond acceptors (Lipinski definition) is 3. The quantitative estimate of drug-likeness (QED) is 0.662. The Labute approximate surface area is 95.2 Å². The van der Waals surface area contributed by atoms with Gasteiger partial charge in [-0.05, 0) is 19.8 Å². The second-order valence-corrected chi connectivity index (χ2v) is 5.00. The van der Waals surface area contributed by atoms with Gasteiger partial charge >= 0.3 is 0 Å². The average Bonchev–Trinajstić information content (AvgIpc) is 2.81. The second-order valence-electron chi connectivity index (χ2n) is 5.00. The molecule has 1 aliphatic heterocycles. The van der Waals surface area contributed by atoms with Crippen LogP contribution in [-0.2, 0) is 9.59 Å². The van der Waals surface area contributed by atoms with Crippen molar-refractivity contribution in [3.63, 3.8) is 0 Å². The van der Waals surface area contributed by atoms with E-state index in [9.17, 15) is 9.59 Å². The van der Waals surface area contributed by atoms with Crippen LogP contribution in [-0.4, -0.2) is 23.3 Å². The van der Waals surface area contributed by atoms with Gasteiger partial charge in [0, 0.05) is 13.0 Å². The van der Waals surface area contributed by atoms with Gasteiger partial charge in [-0.25, -0.2) is 0 Å². The van der Waals surface area contributed by atoms with E-state index >= 15 is 0 Å². The Hall–Kier alpha value is -1.37. The van der Waals surface area contributed by atoms with E-state index in [1.54, 1.807) is 6.92 Å². The monoisotopic (exact) mass is 220 g/mol. The van der Waals surface area contributed by atoms with Crippen molar-refractivity contribution in [1.29, 1.82) is 5.26 Å². The highest BCUT2D eigenvalue weighted by molar-refractivity contribution is 6.06. The zero-order valence-electron chi connectivity index (χ0n) is 9.53. The third-order valence-corrected chi connectivity index (χ3v) is 3.73. The molecule has 1 unspecified atom stereocenters. The summed E-state index contributed by atoms with van der Waals surface area (Å²) < 4.78 is 0. The molecule has 0 N–H and O–H groups in total. The van der Waals surface area contributed by atoms with Gasteiger partial charge in [0.25, 0.3) is 0 Å². The lowest BCUT2D eigenvalue weighted by atomic mass is 9.84. The van der Waals surface area contributed by atoms with Crippen LogP contribution >= 0.6 is 0 Å². The van der Waals surface area contributed by atoms with Gasteiger partial charge in [0.05, 0.1) is 17.4 Å². The first-order valence-electron chi connectivity index (χ1n) is 5.83. The van der Waals surface area contributed by atoms with Crippen LogP contribution in [0, 0.1) is 22.7 Å².